The highest BCUT2D eigenvalue weighted by Gasteiger charge is 2.37. The van der Waals surface area contributed by atoms with E-state index < -0.39 is 16.4 Å². The van der Waals surface area contributed by atoms with Gasteiger partial charge in [0.1, 0.15) is 5.60 Å². The lowest BCUT2D eigenvalue weighted by Crippen LogP contribution is -2.45. The average molecular weight is 559 g/mol. The van der Waals surface area contributed by atoms with E-state index in [2.05, 4.69) is 83.4 Å². The van der Waals surface area contributed by atoms with E-state index in [0.717, 1.165) is 5.69 Å². The van der Waals surface area contributed by atoms with E-state index in [1.165, 1.54) is 16.7 Å². The van der Waals surface area contributed by atoms with Crippen LogP contribution in [0, 0.1) is 0 Å². The molecule has 4 aromatic rings. The van der Waals surface area contributed by atoms with Crippen molar-refractivity contribution in [1.29, 1.82) is 0 Å². The predicted molar refractivity (Wildman–Crippen MR) is 165 cm³/mol. The number of carbonyl (C=O) groups is 1. The molecular formula is C33H35ClN2O2S. The lowest BCUT2D eigenvalue weighted by molar-refractivity contribution is 0.0512. The third-order valence-corrected chi connectivity index (χ3v) is 8.08. The zero-order valence-corrected chi connectivity index (χ0v) is 24.1. The van der Waals surface area contributed by atoms with Crippen LogP contribution in [0.15, 0.2) is 115 Å². The van der Waals surface area contributed by atoms with Crippen molar-refractivity contribution in [3.05, 3.63) is 137 Å². The van der Waals surface area contributed by atoms with Crippen LogP contribution in [-0.2, 0) is 9.48 Å². The van der Waals surface area contributed by atoms with Crippen LogP contribution in [-0.4, -0.2) is 30.0 Å². The van der Waals surface area contributed by atoms with E-state index in [1.54, 1.807) is 11.8 Å². The second-order valence-corrected chi connectivity index (χ2v) is 12.0. The number of thioether (sulfide) groups is 1. The molecule has 4 rings (SSSR count). The zero-order valence-electron chi connectivity index (χ0n) is 22.6. The predicted octanol–water partition coefficient (Wildman–Crippen LogP) is 8.37. The summed E-state index contributed by atoms with van der Waals surface area (Å²) < 4.78 is 5.12. The molecule has 4 aromatic carbocycles. The highest BCUT2D eigenvalue weighted by molar-refractivity contribution is 8.00. The smallest absolute Gasteiger partial charge is 0.407 e. The first-order valence-corrected chi connectivity index (χ1v) is 14.4. The number of carbonyl (C=O) groups excluding carboxylic acids is 1. The van der Waals surface area contributed by atoms with Crippen molar-refractivity contribution < 1.29 is 9.53 Å². The molecule has 202 valence electrons. The lowest BCUT2D eigenvalue weighted by atomic mass is 9.84. The molecule has 6 heteroatoms. The largest absolute Gasteiger partial charge is 0.444 e. The van der Waals surface area contributed by atoms with Crippen LogP contribution in [0.4, 0.5) is 10.5 Å². The number of halogens is 1. The first kappa shape index (κ1) is 28.6. The molecule has 0 aliphatic heterocycles. The minimum Gasteiger partial charge on any atom is -0.444 e. The van der Waals surface area contributed by atoms with Gasteiger partial charge >= 0.3 is 6.09 Å². The Labute approximate surface area is 241 Å². The number of ether oxygens (including phenoxy) is 1. The number of hydrogen-bond acceptors (Lipinski definition) is 4. The van der Waals surface area contributed by atoms with Gasteiger partial charge in [-0.05, 0) is 55.7 Å². The Hall–Kier alpha value is -3.41. The van der Waals surface area contributed by atoms with Gasteiger partial charge in [-0.15, -0.1) is 11.8 Å². The van der Waals surface area contributed by atoms with Gasteiger partial charge in [0.2, 0.25) is 0 Å². The Morgan fingerprint density at radius 3 is 1.77 bits per heavy atom. The molecule has 0 radical (unpaired) electrons. The van der Waals surface area contributed by atoms with Crippen molar-refractivity contribution in [3.63, 3.8) is 0 Å². The molecule has 0 aliphatic carbocycles. The minimum atomic E-state index is -0.593. The minimum absolute atomic E-state index is 0.237. The van der Waals surface area contributed by atoms with Gasteiger partial charge < -0.3 is 15.4 Å². The fourth-order valence-corrected chi connectivity index (χ4v) is 6.21. The van der Waals surface area contributed by atoms with Crippen molar-refractivity contribution in [2.24, 2.45) is 0 Å². The van der Waals surface area contributed by atoms with Crippen molar-refractivity contribution in [2.45, 2.75) is 37.2 Å². The SMILES string of the molecule is CC(C)(C)OC(=O)NC(CNc1cccc(Cl)c1)CSC(c1ccccc1)(c1ccccc1)c1ccccc1. The van der Waals surface area contributed by atoms with Gasteiger partial charge in [-0.25, -0.2) is 4.79 Å². The zero-order chi connectivity index (χ0) is 27.7. The number of rotatable bonds is 10. The molecule has 1 amide bonds. The van der Waals surface area contributed by atoms with Crippen LogP contribution in [0.3, 0.4) is 0 Å². The summed E-state index contributed by atoms with van der Waals surface area (Å²) in [6, 6.07) is 39.0. The molecule has 0 heterocycles. The molecular weight excluding hydrogens is 524 g/mol. The van der Waals surface area contributed by atoms with Crippen LogP contribution >= 0.6 is 23.4 Å². The maximum atomic E-state index is 12.9. The summed E-state index contributed by atoms with van der Waals surface area (Å²) in [6.07, 6.45) is -0.439. The first-order valence-electron chi connectivity index (χ1n) is 13.1. The maximum absolute atomic E-state index is 12.9. The number of nitrogens with one attached hydrogen (secondary N) is 2. The van der Waals surface area contributed by atoms with Crippen molar-refractivity contribution in [2.75, 3.05) is 17.6 Å². The van der Waals surface area contributed by atoms with E-state index in [4.69, 9.17) is 16.3 Å². The topological polar surface area (TPSA) is 50.4 Å². The Kier molecular flexibility index (Phi) is 9.60. The monoisotopic (exact) mass is 558 g/mol. The van der Waals surface area contributed by atoms with Crippen molar-refractivity contribution in [1.82, 2.24) is 5.32 Å². The lowest BCUT2D eigenvalue weighted by Gasteiger charge is -2.37. The molecule has 0 fully saturated rings. The third-order valence-electron chi connectivity index (χ3n) is 6.14. The van der Waals surface area contributed by atoms with Crippen LogP contribution < -0.4 is 10.6 Å². The van der Waals surface area contributed by atoms with E-state index in [-0.39, 0.29) is 6.04 Å². The standard InChI is InChI=1S/C33H35ClN2O2S/c1-32(2,3)38-31(37)36-30(23-35-29-21-13-20-28(34)22-29)24-39-33(25-14-7-4-8-15-25,26-16-9-5-10-17-26)27-18-11-6-12-19-27/h4-22,30,35H,23-24H2,1-3H3,(H,36,37). The van der Waals surface area contributed by atoms with Gasteiger partial charge in [-0.2, -0.15) is 0 Å². The summed E-state index contributed by atoms with van der Waals surface area (Å²) in [5, 5.41) is 7.20. The Bertz CT molecular complexity index is 1230. The quantitative estimate of drug-likeness (QED) is 0.192. The van der Waals surface area contributed by atoms with Gasteiger partial charge in [0.15, 0.2) is 0 Å². The van der Waals surface area contributed by atoms with E-state index >= 15 is 0 Å². The molecule has 0 aromatic heterocycles. The fraction of sp³-hybridized carbons (Fsp3) is 0.242. The maximum Gasteiger partial charge on any atom is 0.407 e. The summed E-state index contributed by atoms with van der Waals surface area (Å²) in [7, 11) is 0. The second kappa shape index (κ2) is 13.1. The van der Waals surface area contributed by atoms with E-state index in [1.807, 2.05) is 63.2 Å². The van der Waals surface area contributed by atoms with Crippen molar-refractivity contribution >= 4 is 35.1 Å². The normalized spacial score (nSPS) is 12.4. The van der Waals surface area contributed by atoms with Gasteiger partial charge in [0.25, 0.3) is 0 Å². The molecule has 0 aliphatic rings. The number of amides is 1. The van der Waals surface area contributed by atoms with E-state index in [9.17, 15) is 4.79 Å². The molecule has 0 bridgehead atoms. The number of hydrogen-bond donors (Lipinski definition) is 2. The molecule has 0 saturated heterocycles. The van der Waals surface area contributed by atoms with Crippen LogP contribution in [0.2, 0.25) is 5.02 Å². The molecule has 1 atom stereocenters. The highest BCUT2D eigenvalue weighted by atomic mass is 35.5. The highest BCUT2D eigenvalue weighted by Crippen LogP contribution is 2.48. The third kappa shape index (κ3) is 7.81. The molecule has 1 unspecified atom stereocenters. The van der Waals surface area contributed by atoms with Crippen LogP contribution in [0.5, 0.6) is 0 Å². The van der Waals surface area contributed by atoms with E-state index in [0.29, 0.717) is 17.3 Å². The summed E-state index contributed by atoms with van der Waals surface area (Å²) >= 11 is 8.01. The van der Waals surface area contributed by atoms with Crippen LogP contribution in [0.25, 0.3) is 0 Å². The van der Waals surface area contributed by atoms with Gasteiger partial charge in [-0.3, -0.25) is 0 Å². The molecule has 0 spiro atoms. The van der Waals surface area contributed by atoms with Crippen LogP contribution in [0.1, 0.15) is 37.5 Å². The summed E-state index contributed by atoms with van der Waals surface area (Å²) in [4.78, 5) is 12.9. The summed E-state index contributed by atoms with van der Waals surface area (Å²) in [5.41, 5.74) is 3.82. The molecule has 2 N–H and O–H groups in total. The molecule has 39 heavy (non-hydrogen) atoms. The second-order valence-electron chi connectivity index (χ2n) is 10.3. The molecule has 0 saturated carbocycles. The summed E-state index contributed by atoms with van der Waals surface area (Å²) in [6.45, 7) is 6.10. The molecule has 4 nitrogen and oxygen atoms in total. The Morgan fingerprint density at radius 1 is 0.795 bits per heavy atom. The van der Waals surface area contributed by atoms with Gasteiger partial charge in [0, 0.05) is 23.0 Å². The Morgan fingerprint density at radius 2 is 1.31 bits per heavy atom. The van der Waals surface area contributed by atoms with Crippen molar-refractivity contribution in [3.8, 4) is 0 Å². The number of alkyl carbamates (subject to hydrolysis) is 1. The average Bonchev–Trinajstić information content (AvgIpc) is 2.93. The fourth-order valence-electron chi connectivity index (χ4n) is 4.46. The summed E-state index contributed by atoms with van der Waals surface area (Å²) in [5.74, 6) is 0.617. The van der Waals surface area contributed by atoms with Gasteiger partial charge in [0.05, 0.1) is 10.8 Å². The Balaban J connectivity index is 1.69. The number of benzene rings is 4. The van der Waals surface area contributed by atoms with Gasteiger partial charge in [-0.1, -0.05) is 109 Å². The first-order chi connectivity index (χ1) is 18.8. The number of anilines is 1.